The summed E-state index contributed by atoms with van der Waals surface area (Å²) < 4.78 is 6.26. The van der Waals surface area contributed by atoms with E-state index in [2.05, 4.69) is 115 Å². The van der Waals surface area contributed by atoms with E-state index in [9.17, 15) is 0 Å². The molecule has 1 heteroatoms. The molecule has 1 nitrogen and oxygen atoms in total. The molecule has 158 valence electrons. The van der Waals surface area contributed by atoms with Gasteiger partial charge in [0.25, 0.3) is 0 Å². The fraction of sp³-hybridized carbons (Fsp3) is 0.125. The maximum Gasteiger partial charge on any atom is 0.124 e. The number of ether oxygens (including phenoxy) is 1. The van der Waals surface area contributed by atoms with E-state index in [0.717, 1.165) is 12.2 Å². The Morgan fingerprint density at radius 1 is 0.576 bits per heavy atom. The lowest BCUT2D eigenvalue weighted by atomic mass is 9.75. The van der Waals surface area contributed by atoms with Gasteiger partial charge in [-0.3, -0.25) is 0 Å². The van der Waals surface area contributed by atoms with Crippen LogP contribution in [0.3, 0.4) is 0 Å². The minimum atomic E-state index is 0.153. The number of rotatable bonds is 2. The van der Waals surface area contributed by atoms with Gasteiger partial charge in [-0.1, -0.05) is 103 Å². The van der Waals surface area contributed by atoms with E-state index in [1.165, 1.54) is 43.8 Å². The van der Waals surface area contributed by atoms with E-state index >= 15 is 0 Å². The fourth-order valence-corrected chi connectivity index (χ4v) is 6.02. The Morgan fingerprint density at radius 2 is 1.18 bits per heavy atom. The molecule has 7 rings (SSSR count). The number of fused-ring (bicyclic) bond motifs is 5. The second-order valence-corrected chi connectivity index (χ2v) is 9.20. The van der Waals surface area contributed by atoms with Crippen molar-refractivity contribution in [3.05, 3.63) is 126 Å². The van der Waals surface area contributed by atoms with Crippen molar-refractivity contribution in [1.29, 1.82) is 0 Å². The van der Waals surface area contributed by atoms with Gasteiger partial charge in [-0.25, -0.2) is 0 Å². The zero-order valence-electron chi connectivity index (χ0n) is 18.3. The maximum atomic E-state index is 6.26. The molecular weight excluding hydrogens is 400 g/mol. The van der Waals surface area contributed by atoms with Crippen LogP contribution in [-0.4, -0.2) is 6.10 Å². The number of hydrogen-bond donors (Lipinski definition) is 0. The van der Waals surface area contributed by atoms with Gasteiger partial charge in [-0.15, -0.1) is 0 Å². The van der Waals surface area contributed by atoms with E-state index in [0.29, 0.717) is 11.8 Å². The summed E-state index contributed by atoms with van der Waals surface area (Å²) in [6, 6.07) is 37.3. The average Bonchev–Trinajstić information content (AvgIpc) is 3.25. The van der Waals surface area contributed by atoms with Crippen LogP contribution in [0.15, 0.2) is 115 Å². The second kappa shape index (κ2) is 7.35. The first-order chi connectivity index (χ1) is 16.4. The summed E-state index contributed by atoms with van der Waals surface area (Å²) in [4.78, 5) is 0. The predicted octanol–water partition coefficient (Wildman–Crippen LogP) is 8.25. The van der Waals surface area contributed by atoms with Crippen LogP contribution in [-0.2, 0) is 0 Å². The number of allylic oxidation sites excluding steroid dienone is 1. The summed E-state index contributed by atoms with van der Waals surface area (Å²) in [5.74, 6) is 1.80. The van der Waals surface area contributed by atoms with Crippen LogP contribution >= 0.6 is 0 Å². The first kappa shape index (κ1) is 18.7. The molecule has 1 aliphatic carbocycles. The third-order valence-electron chi connectivity index (χ3n) is 7.43. The monoisotopic (exact) mass is 424 g/mol. The fourth-order valence-electron chi connectivity index (χ4n) is 6.02. The molecule has 0 aromatic heterocycles. The topological polar surface area (TPSA) is 9.23 Å². The van der Waals surface area contributed by atoms with E-state index in [1.54, 1.807) is 0 Å². The molecule has 3 atom stereocenters. The first-order valence-corrected chi connectivity index (χ1v) is 11.8. The van der Waals surface area contributed by atoms with Crippen LogP contribution in [0.25, 0.3) is 32.7 Å². The van der Waals surface area contributed by atoms with E-state index in [4.69, 9.17) is 4.74 Å². The molecule has 0 saturated heterocycles. The van der Waals surface area contributed by atoms with Crippen molar-refractivity contribution in [2.45, 2.75) is 24.4 Å². The van der Waals surface area contributed by atoms with Crippen molar-refractivity contribution in [2.24, 2.45) is 0 Å². The molecule has 5 aromatic carbocycles. The summed E-state index contributed by atoms with van der Waals surface area (Å²) in [6.45, 7) is 0. The van der Waals surface area contributed by atoms with Crippen LogP contribution in [0.1, 0.15) is 29.4 Å². The Kier molecular flexibility index (Phi) is 4.17. The van der Waals surface area contributed by atoms with Gasteiger partial charge in [0, 0.05) is 17.4 Å². The van der Waals surface area contributed by atoms with Gasteiger partial charge in [0.15, 0.2) is 0 Å². The van der Waals surface area contributed by atoms with Crippen molar-refractivity contribution in [2.75, 3.05) is 0 Å². The van der Waals surface area contributed by atoms with Gasteiger partial charge < -0.3 is 4.74 Å². The Bertz CT molecular complexity index is 1470. The Hall–Kier alpha value is -3.84. The molecule has 5 aromatic rings. The minimum absolute atomic E-state index is 0.153. The highest BCUT2D eigenvalue weighted by molar-refractivity contribution is 6.15. The van der Waals surface area contributed by atoms with Crippen LogP contribution in [0.4, 0.5) is 0 Å². The van der Waals surface area contributed by atoms with Crippen molar-refractivity contribution < 1.29 is 4.74 Å². The number of hydrogen-bond acceptors (Lipinski definition) is 1. The highest BCUT2D eigenvalue weighted by Crippen LogP contribution is 2.50. The predicted molar refractivity (Wildman–Crippen MR) is 137 cm³/mol. The van der Waals surface area contributed by atoms with Crippen molar-refractivity contribution in [3.8, 4) is 16.9 Å². The summed E-state index contributed by atoms with van der Waals surface area (Å²) in [5, 5.41) is 5.37. The lowest BCUT2D eigenvalue weighted by Gasteiger charge is -2.29. The van der Waals surface area contributed by atoms with E-state index in [-0.39, 0.29) is 6.10 Å². The summed E-state index contributed by atoms with van der Waals surface area (Å²) in [6.07, 6.45) is 5.91. The molecule has 2 aliphatic rings. The second-order valence-electron chi connectivity index (χ2n) is 9.20. The van der Waals surface area contributed by atoms with Gasteiger partial charge in [0.2, 0.25) is 0 Å². The van der Waals surface area contributed by atoms with Gasteiger partial charge in [0.1, 0.15) is 11.9 Å². The largest absolute Gasteiger partial charge is 0.485 e. The van der Waals surface area contributed by atoms with Crippen LogP contribution in [0.5, 0.6) is 5.75 Å². The molecule has 1 heterocycles. The van der Waals surface area contributed by atoms with Crippen LogP contribution in [0, 0.1) is 0 Å². The molecule has 0 bridgehead atoms. The van der Waals surface area contributed by atoms with Crippen molar-refractivity contribution in [3.63, 3.8) is 0 Å². The van der Waals surface area contributed by atoms with Crippen LogP contribution < -0.4 is 4.74 Å². The molecule has 1 aliphatic heterocycles. The third-order valence-corrected chi connectivity index (χ3v) is 7.43. The molecule has 0 fully saturated rings. The summed E-state index contributed by atoms with van der Waals surface area (Å²) in [7, 11) is 0. The maximum absolute atomic E-state index is 6.26. The van der Waals surface area contributed by atoms with Gasteiger partial charge in [0.05, 0.1) is 0 Å². The molecule has 0 N–H and O–H groups in total. The SMILES string of the molecule is C1=CC2Oc3ccccc3C2CC1c1c2ccccc2c(-c2ccccc2)c2ccccc12. The zero-order chi connectivity index (χ0) is 21.8. The molecule has 3 unspecified atom stereocenters. The lowest BCUT2D eigenvalue weighted by molar-refractivity contribution is 0.240. The molecule has 0 spiro atoms. The number of benzene rings is 5. The number of para-hydroxylation sites is 1. The quantitative estimate of drug-likeness (QED) is 0.205. The van der Waals surface area contributed by atoms with Crippen LogP contribution in [0.2, 0.25) is 0 Å². The van der Waals surface area contributed by atoms with Gasteiger partial charge >= 0.3 is 0 Å². The summed E-state index contributed by atoms with van der Waals surface area (Å²) >= 11 is 0. The van der Waals surface area contributed by atoms with Gasteiger partial charge in [-0.2, -0.15) is 0 Å². The third kappa shape index (κ3) is 2.85. The highest BCUT2D eigenvalue weighted by Gasteiger charge is 2.37. The van der Waals surface area contributed by atoms with Crippen molar-refractivity contribution >= 4 is 21.5 Å². The standard InChI is InChI=1S/C32H24O/c1-2-10-21(11-3-1)31-24-13-4-6-15-26(24)32(27-16-7-5-14-25(27)31)22-18-19-30-28(20-22)23-12-8-9-17-29(23)33-30/h1-19,22,28,30H,20H2. The zero-order valence-corrected chi connectivity index (χ0v) is 18.3. The van der Waals surface area contributed by atoms with Crippen molar-refractivity contribution in [1.82, 2.24) is 0 Å². The van der Waals surface area contributed by atoms with E-state index < -0.39 is 0 Å². The molecule has 33 heavy (non-hydrogen) atoms. The smallest absolute Gasteiger partial charge is 0.124 e. The Morgan fingerprint density at radius 3 is 1.91 bits per heavy atom. The normalized spacial score (nSPS) is 21.0. The minimum Gasteiger partial charge on any atom is -0.485 e. The molecule has 0 radical (unpaired) electrons. The first-order valence-electron chi connectivity index (χ1n) is 11.8. The lowest BCUT2D eigenvalue weighted by Crippen LogP contribution is -2.22. The Labute approximate surface area is 194 Å². The van der Waals surface area contributed by atoms with Gasteiger partial charge in [-0.05, 0) is 56.8 Å². The molecular formula is C32H24O. The summed E-state index contributed by atoms with van der Waals surface area (Å²) in [5.41, 5.74) is 5.40. The molecule has 0 saturated carbocycles. The Balaban J connectivity index is 1.48. The molecule has 0 amide bonds. The highest BCUT2D eigenvalue weighted by atomic mass is 16.5. The average molecular weight is 425 g/mol. The van der Waals surface area contributed by atoms with E-state index in [1.807, 2.05) is 0 Å².